The van der Waals surface area contributed by atoms with Crippen LogP contribution in [0.15, 0.2) is 28.8 Å². The number of nitrogens with zero attached hydrogens (tertiary/aromatic N) is 2. The number of nitrogens with one attached hydrogen (secondary N) is 2. The third-order valence-corrected chi connectivity index (χ3v) is 6.36. The SMILES string of the molecule is Cc1noc(C(=O)NC23CC(C4(NC(=O)c5ccc(F)cc5)CC4)(C2)C3)n1. The first-order valence-electron chi connectivity index (χ1n) is 9.05. The highest BCUT2D eigenvalue weighted by Crippen LogP contribution is 2.76. The summed E-state index contributed by atoms with van der Waals surface area (Å²) in [6.07, 6.45) is 4.38. The minimum atomic E-state index is -0.360. The molecule has 2 bridgehead atoms. The molecule has 0 saturated heterocycles. The summed E-state index contributed by atoms with van der Waals surface area (Å²) in [6.45, 7) is 1.66. The zero-order valence-electron chi connectivity index (χ0n) is 14.8. The molecule has 7 nitrogen and oxygen atoms in total. The molecule has 0 atom stereocenters. The molecule has 0 radical (unpaired) electrons. The van der Waals surface area contributed by atoms with Gasteiger partial charge in [0, 0.05) is 22.1 Å². The number of aromatic nitrogens is 2. The summed E-state index contributed by atoms with van der Waals surface area (Å²) in [6, 6.07) is 5.58. The van der Waals surface area contributed by atoms with E-state index in [4.69, 9.17) is 4.52 Å². The van der Waals surface area contributed by atoms with Crippen LogP contribution in [0.5, 0.6) is 0 Å². The van der Waals surface area contributed by atoms with Crippen LogP contribution in [0.1, 0.15) is 59.0 Å². The molecule has 1 aromatic carbocycles. The summed E-state index contributed by atoms with van der Waals surface area (Å²) < 4.78 is 18.0. The van der Waals surface area contributed by atoms with Crippen molar-refractivity contribution < 1.29 is 18.5 Å². The smallest absolute Gasteiger partial charge is 0.315 e. The Labute approximate surface area is 154 Å². The number of rotatable bonds is 5. The van der Waals surface area contributed by atoms with Crippen LogP contribution in [0.25, 0.3) is 0 Å². The number of halogens is 1. The van der Waals surface area contributed by atoms with Gasteiger partial charge in [0.05, 0.1) is 0 Å². The zero-order valence-corrected chi connectivity index (χ0v) is 14.8. The lowest BCUT2D eigenvalue weighted by Crippen LogP contribution is -2.80. The van der Waals surface area contributed by atoms with E-state index < -0.39 is 0 Å². The van der Waals surface area contributed by atoms with Crippen LogP contribution in [0.2, 0.25) is 0 Å². The topological polar surface area (TPSA) is 97.1 Å². The van der Waals surface area contributed by atoms with Crippen molar-refractivity contribution >= 4 is 11.8 Å². The van der Waals surface area contributed by atoms with Crippen molar-refractivity contribution in [2.75, 3.05) is 0 Å². The van der Waals surface area contributed by atoms with Crippen LogP contribution >= 0.6 is 0 Å². The van der Waals surface area contributed by atoms with Gasteiger partial charge in [-0.05, 0) is 63.3 Å². The Morgan fingerprint density at radius 2 is 1.74 bits per heavy atom. The van der Waals surface area contributed by atoms with E-state index >= 15 is 0 Å². The summed E-state index contributed by atoms with van der Waals surface area (Å²) >= 11 is 0. The molecular weight excluding hydrogens is 351 g/mol. The molecule has 2 amide bonds. The summed E-state index contributed by atoms with van der Waals surface area (Å²) in [5.74, 6) is -0.464. The molecule has 140 valence electrons. The first kappa shape index (κ1) is 16.4. The Morgan fingerprint density at radius 3 is 2.30 bits per heavy atom. The van der Waals surface area contributed by atoms with Crippen molar-refractivity contribution in [2.24, 2.45) is 5.41 Å². The van der Waals surface area contributed by atoms with Gasteiger partial charge in [-0.1, -0.05) is 5.16 Å². The van der Waals surface area contributed by atoms with E-state index in [9.17, 15) is 14.0 Å². The number of carbonyl (C=O) groups excluding carboxylic acids is 2. The number of hydrogen-bond donors (Lipinski definition) is 2. The van der Waals surface area contributed by atoms with Crippen LogP contribution in [0.3, 0.4) is 0 Å². The van der Waals surface area contributed by atoms with Gasteiger partial charge < -0.3 is 15.2 Å². The van der Waals surface area contributed by atoms with Crippen molar-refractivity contribution in [2.45, 2.75) is 50.1 Å². The predicted octanol–water partition coefficient (Wildman–Crippen LogP) is 2.13. The molecule has 6 rings (SSSR count). The minimum absolute atomic E-state index is 0.0166. The lowest BCUT2D eigenvalue weighted by atomic mass is 9.36. The maximum Gasteiger partial charge on any atom is 0.315 e. The lowest BCUT2D eigenvalue weighted by molar-refractivity contribution is -0.175. The van der Waals surface area contributed by atoms with Gasteiger partial charge in [0.25, 0.3) is 5.91 Å². The van der Waals surface area contributed by atoms with E-state index in [1.807, 2.05) is 0 Å². The van der Waals surface area contributed by atoms with E-state index in [0.717, 1.165) is 32.1 Å². The quantitative estimate of drug-likeness (QED) is 0.840. The second-order valence-electron chi connectivity index (χ2n) is 8.23. The third-order valence-electron chi connectivity index (χ3n) is 6.36. The molecule has 0 unspecified atom stereocenters. The molecule has 8 heteroatoms. The number of amides is 2. The van der Waals surface area contributed by atoms with Crippen molar-refractivity contribution in [3.63, 3.8) is 0 Å². The average Bonchev–Trinajstić information content (AvgIpc) is 3.20. The van der Waals surface area contributed by atoms with Gasteiger partial charge >= 0.3 is 11.8 Å². The minimum Gasteiger partial charge on any atom is -0.346 e. The van der Waals surface area contributed by atoms with Gasteiger partial charge in [-0.25, -0.2) is 4.39 Å². The van der Waals surface area contributed by atoms with Gasteiger partial charge in [-0.15, -0.1) is 0 Å². The fraction of sp³-hybridized carbons (Fsp3) is 0.474. The molecule has 2 N–H and O–H groups in total. The van der Waals surface area contributed by atoms with E-state index in [2.05, 4.69) is 20.8 Å². The number of aryl methyl sites for hydroxylation is 1. The molecule has 4 aliphatic carbocycles. The second-order valence-corrected chi connectivity index (χ2v) is 8.23. The maximum absolute atomic E-state index is 13.0. The Kier molecular flexibility index (Phi) is 3.13. The van der Waals surface area contributed by atoms with Crippen LogP contribution in [-0.4, -0.2) is 33.0 Å². The number of carbonyl (C=O) groups is 2. The van der Waals surface area contributed by atoms with Crippen molar-refractivity contribution in [1.29, 1.82) is 0 Å². The monoisotopic (exact) mass is 370 g/mol. The summed E-state index contributed by atoms with van der Waals surface area (Å²) in [7, 11) is 0. The number of benzene rings is 1. The van der Waals surface area contributed by atoms with Crippen LogP contribution < -0.4 is 10.6 Å². The summed E-state index contributed by atoms with van der Waals surface area (Å²) in [5.41, 5.74) is 0.0756. The molecule has 1 aromatic heterocycles. The lowest BCUT2D eigenvalue weighted by Gasteiger charge is -2.73. The Morgan fingerprint density at radius 1 is 1.07 bits per heavy atom. The van der Waals surface area contributed by atoms with Gasteiger partial charge in [0.2, 0.25) is 0 Å². The van der Waals surface area contributed by atoms with Crippen LogP contribution in [-0.2, 0) is 0 Å². The summed E-state index contributed by atoms with van der Waals surface area (Å²) in [5, 5.41) is 9.83. The maximum atomic E-state index is 13.0. The molecular formula is C19H19FN4O3. The van der Waals surface area contributed by atoms with Gasteiger partial charge in [-0.3, -0.25) is 9.59 Å². The molecule has 0 aliphatic heterocycles. The molecule has 0 spiro atoms. The van der Waals surface area contributed by atoms with E-state index in [0.29, 0.717) is 11.4 Å². The largest absolute Gasteiger partial charge is 0.346 e. The molecule has 4 saturated carbocycles. The van der Waals surface area contributed by atoms with E-state index in [1.54, 1.807) is 6.92 Å². The highest BCUT2D eigenvalue weighted by atomic mass is 19.1. The van der Waals surface area contributed by atoms with Crippen LogP contribution in [0, 0.1) is 18.2 Å². The molecule has 1 heterocycles. The zero-order chi connectivity index (χ0) is 18.9. The first-order valence-corrected chi connectivity index (χ1v) is 9.05. The highest BCUT2D eigenvalue weighted by molar-refractivity contribution is 5.95. The van der Waals surface area contributed by atoms with Crippen LogP contribution in [0.4, 0.5) is 4.39 Å². The van der Waals surface area contributed by atoms with Crippen molar-refractivity contribution in [1.82, 2.24) is 20.8 Å². The molecule has 4 aliphatic rings. The molecule has 4 fully saturated rings. The van der Waals surface area contributed by atoms with E-state index in [1.165, 1.54) is 24.3 Å². The highest BCUT2D eigenvalue weighted by Gasteiger charge is 2.79. The van der Waals surface area contributed by atoms with Crippen molar-refractivity contribution in [3.8, 4) is 0 Å². The second kappa shape index (κ2) is 5.15. The van der Waals surface area contributed by atoms with Gasteiger partial charge in [0.1, 0.15) is 5.82 Å². The molecule has 27 heavy (non-hydrogen) atoms. The summed E-state index contributed by atoms with van der Waals surface area (Å²) in [4.78, 5) is 28.7. The average molecular weight is 370 g/mol. The normalized spacial score (nSPS) is 29.3. The first-order chi connectivity index (χ1) is 12.8. The third kappa shape index (κ3) is 2.39. The van der Waals surface area contributed by atoms with E-state index in [-0.39, 0.29) is 40.0 Å². The number of hydrogen-bond acceptors (Lipinski definition) is 5. The molecule has 2 aromatic rings. The fourth-order valence-corrected chi connectivity index (χ4v) is 4.92. The van der Waals surface area contributed by atoms with Gasteiger partial charge in [0.15, 0.2) is 5.82 Å². The Bertz CT molecular complexity index is 928. The predicted molar refractivity (Wildman–Crippen MR) is 91.3 cm³/mol. The Balaban J connectivity index is 1.22. The van der Waals surface area contributed by atoms with Crippen molar-refractivity contribution in [3.05, 3.63) is 47.4 Å². The van der Waals surface area contributed by atoms with Gasteiger partial charge in [-0.2, -0.15) is 4.98 Å². The Hall–Kier alpha value is -2.77. The fourth-order valence-electron chi connectivity index (χ4n) is 4.92. The standard InChI is InChI=1S/C19H19FN4O3/c1-11-21-16(27-24-11)15(26)22-18-8-17(9-18,10-18)19(6-7-19)23-14(25)12-2-4-13(20)5-3-12/h2-5H,6-10H2,1H3,(H,22,26)(H,23,25).